The van der Waals surface area contributed by atoms with E-state index in [1.165, 1.54) is 24.3 Å². The van der Waals surface area contributed by atoms with Gasteiger partial charge in [0.05, 0.1) is 30.3 Å². The molecule has 0 unspecified atom stereocenters. The largest absolute Gasteiger partial charge is 0.460 e. The number of rotatable bonds is 10. The van der Waals surface area contributed by atoms with Crippen molar-refractivity contribution >= 4 is 44.5 Å². The predicted octanol–water partition coefficient (Wildman–Crippen LogP) is 2.54. The lowest BCUT2D eigenvalue weighted by atomic mass is 10.1. The summed E-state index contributed by atoms with van der Waals surface area (Å²) < 4.78 is 43.0. The predicted molar refractivity (Wildman–Crippen MR) is 118 cm³/mol. The molecular formula is C20H22INO7S. The third-order valence-corrected chi connectivity index (χ3v) is 6.50. The van der Waals surface area contributed by atoms with Crippen LogP contribution in [0, 0.1) is 10.5 Å². The van der Waals surface area contributed by atoms with Gasteiger partial charge in [0.25, 0.3) is 15.9 Å². The highest BCUT2D eigenvalue weighted by atomic mass is 127. The molecule has 0 heterocycles. The Hall–Kier alpha value is -2.02. The summed E-state index contributed by atoms with van der Waals surface area (Å²) in [5, 5.41) is 0. The zero-order chi connectivity index (χ0) is 22.1. The Bertz CT molecular complexity index is 991. The Morgan fingerprint density at radius 3 is 2.23 bits per heavy atom. The van der Waals surface area contributed by atoms with Crippen LogP contribution in [0.25, 0.3) is 0 Å². The van der Waals surface area contributed by atoms with E-state index in [0.29, 0.717) is 13.2 Å². The van der Waals surface area contributed by atoms with Gasteiger partial charge in [-0.25, -0.2) is 17.9 Å². The second kappa shape index (κ2) is 11.4. The monoisotopic (exact) mass is 547 g/mol. The normalized spacial score (nSPS) is 11.2. The van der Waals surface area contributed by atoms with E-state index in [1.807, 2.05) is 11.6 Å². The van der Waals surface area contributed by atoms with Crippen molar-refractivity contribution in [3.63, 3.8) is 0 Å². The van der Waals surface area contributed by atoms with E-state index in [-0.39, 0.29) is 29.2 Å². The topological polar surface area (TPSA) is 108 Å². The first-order valence-corrected chi connectivity index (χ1v) is 11.5. The summed E-state index contributed by atoms with van der Waals surface area (Å²) in [5.41, 5.74) is 1.29. The van der Waals surface area contributed by atoms with Crippen LogP contribution in [0.5, 0.6) is 0 Å². The van der Waals surface area contributed by atoms with E-state index < -0.39 is 21.9 Å². The van der Waals surface area contributed by atoms with Crippen molar-refractivity contribution in [1.82, 2.24) is 4.72 Å². The minimum Gasteiger partial charge on any atom is -0.460 e. The number of benzene rings is 2. The average Bonchev–Trinajstić information content (AvgIpc) is 2.72. The number of sulfonamides is 1. The van der Waals surface area contributed by atoms with Crippen LogP contribution < -0.4 is 4.72 Å². The maximum atomic E-state index is 12.5. The Morgan fingerprint density at radius 2 is 1.60 bits per heavy atom. The van der Waals surface area contributed by atoms with Crippen LogP contribution >= 0.6 is 22.6 Å². The summed E-state index contributed by atoms with van der Waals surface area (Å²) >= 11 is 2.13. The van der Waals surface area contributed by atoms with Gasteiger partial charge < -0.3 is 14.2 Å². The number of esters is 1. The molecule has 0 aromatic heterocycles. The Labute approximate surface area is 189 Å². The number of nitrogens with one attached hydrogen (secondary N) is 1. The fraction of sp³-hybridized carbons (Fsp3) is 0.300. The zero-order valence-electron chi connectivity index (χ0n) is 16.5. The van der Waals surface area contributed by atoms with Crippen LogP contribution in [0.2, 0.25) is 0 Å². The van der Waals surface area contributed by atoms with E-state index >= 15 is 0 Å². The van der Waals surface area contributed by atoms with E-state index in [9.17, 15) is 18.0 Å². The summed E-state index contributed by atoms with van der Waals surface area (Å²) in [6.07, 6.45) is 0. The number of ether oxygens (including phenoxy) is 3. The molecule has 0 saturated carbocycles. The van der Waals surface area contributed by atoms with Crippen molar-refractivity contribution in [2.75, 3.05) is 33.5 Å². The number of aryl methyl sites for hydroxylation is 1. The van der Waals surface area contributed by atoms with Crippen LogP contribution in [0.15, 0.2) is 47.4 Å². The van der Waals surface area contributed by atoms with Gasteiger partial charge in [-0.3, -0.25) is 4.79 Å². The molecule has 0 aliphatic carbocycles. The highest BCUT2D eigenvalue weighted by Crippen LogP contribution is 2.15. The van der Waals surface area contributed by atoms with Crippen molar-refractivity contribution < 1.29 is 32.2 Å². The molecule has 0 aliphatic heterocycles. The molecule has 0 bridgehead atoms. The summed E-state index contributed by atoms with van der Waals surface area (Å²) in [7, 11) is -2.53. The van der Waals surface area contributed by atoms with Gasteiger partial charge in [0.1, 0.15) is 6.61 Å². The molecule has 1 amide bonds. The number of carbonyl (C=O) groups is 2. The highest BCUT2D eigenvalue weighted by molar-refractivity contribution is 14.1. The molecule has 1 N–H and O–H groups in total. The van der Waals surface area contributed by atoms with Gasteiger partial charge in [-0.1, -0.05) is 0 Å². The van der Waals surface area contributed by atoms with Gasteiger partial charge >= 0.3 is 5.97 Å². The highest BCUT2D eigenvalue weighted by Gasteiger charge is 2.20. The van der Waals surface area contributed by atoms with Crippen LogP contribution in [0.4, 0.5) is 0 Å². The van der Waals surface area contributed by atoms with Gasteiger partial charge in [0.15, 0.2) is 0 Å². The quantitative estimate of drug-likeness (QED) is 0.277. The Balaban J connectivity index is 1.96. The minimum atomic E-state index is -4.09. The lowest BCUT2D eigenvalue weighted by Gasteiger charge is -2.09. The maximum absolute atomic E-state index is 12.5. The smallest absolute Gasteiger partial charge is 0.338 e. The Morgan fingerprint density at radius 1 is 0.967 bits per heavy atom. The second-order valence-electron chi connectivity index (χ2n) is 6.16. The molecule has 0 fully saturated rings. The van der Waals surface area contributed by atoms with E-state index in [1.54, 1.807) is 25.3 Å². The maximum Gasteiger partial charge on any atom is 0.338 e. The standard InChI is InChI=1S/C20H22INO7S/c1-14-13-16(5-8-18(14)21)19(23)22-30(25,26)17-6-3-15(4-7-17)20(24)29-12-11-28-10-9-27-2/h3-8,13H,9-12H2,1-2H3,(H,22,23). The van der Waals surface area contributed by atoms with Crippen LogP contribution in [0.1, 0.15) is 26.3 Å². The fourth-order valence-corrected chi connectivity index (χ4v) is 3.63. The molecular weight excluding hydrogens is 525 g/mol. The number of hydrogen-bond acceptors (Lipinski definition) is 7. The van der Waals surface area contributed by atoms with Crippen molar-refractivity contribution in [3.8, 4) is 0 Å². The van der Waals surface area contributed by atoms with Gasteiger partial charge in [-0.05, 0) is 77.5 Å². The molecule has 10 heteroatoms. The lowest BCUT2D eigenvalue weighted by molar-refractivity contribution is 0.0213. The molecule has 162 valence electrons. The van der Waals surface area contributed by atoms with Crippen molar-refractivity contribution in [1.29, 1.82) is 0 Å². The molecule has 0 saturated heterocycles. The van der Waals surface area contributed by atoms with E-state index in [2.05, 4.69) is 22.6 Å². The molecule has 2 aromatic rings. The van der Waals surface area contributed by atoms with Gasteiger partial charge in [0, 0.05) is 16.2 Å². The van der Waals surface area contributed by atoms with Crippen molar-refractivity contribution in [2.24, 2.45) is 0 Å². The van der Waals surface area contributed by atoms with Crippen LogP contribution in [-0.4, -0.2) is 53.8 Å². The molecule has 8 nitrogen and oxygen atoms in total. The Kier molecular flexibility index (Phi) is 9.21. The van der Waals surface area contributed by atoms with Crippen LogP contribution in [-0.2, 0) is 24.2 Å². The summed E-state index contributed by atoms with van der Waals surface area (Å²) in [4.78, 5) is 24.2. The summed E-state index contributed by atoms with van der Waals surface area (Å²) in [6, 6.07) is 10.0. The first-order valence-electron chi connectivity index (χ1n) is 8.92. The van der Waals surface area contributed by atoms with Gasteiger partial charge in [0.2, 0.25) is 0 Å². The molecule has 0 radical (unpaired) electrons. The van der Waals surface area contributed by atoms with Gasteiger partial charge in [-0.15, -0.1) is 0 Å². The van der Waals surface area contributed by atoms with Crippen LogP contribution in [0.3, 0.4) is 0 Å². The number of methoxy groups -OCH3 is 1. The fourth-order valence-electron chi connectivity index (χ4n) is 2.32. The zero-order valence-corrected chi connectivity index (χ0v) is 19.5. The molecule has 0 atom stereocenters. The third-order valence-electron chi connectivity index (χ3n) is 3.94. The molecule has 30 heavy (non-hydrogen) atoms. The lowest BCUT2D eigenvalue weighted by Crippen LogP contribution is -2.30. The first kappa shape index (κ1) is 24.3. The van der Waals surface area contributed by atoms with Gasteiger partial charge in [-0.2, -0.15) is 0 Å². The molecule has 0 aliphatic rings. The van der Waals surface area contributed by atoms with Crippen molar-refractivity contribution in [2.45, 2.75) is 11.8 Å². The number of halogens is 1. The number of hydrogen-bond donors (Lipinski definition) is 1. The van der Waals surface area contributed by atoms with E-state index in [0.717, 1.165) is 9.13 Å². The summed E-state index contributed by atoms with van der Waals surface area (Å²) in [6.45, 7) is 2.97. The SMILES string of the molecule is COCCOCCOC(=O)c1ccc(S(=O)(=O)NC(=O)c2ccc(I)c(C)c2)cc1. The molecule has 2 rings (SSSR count). The number of amides is 1. The number of carbonyl (C=O) groups excluding carboxylic acids is 2. The van der Waals surface area contributed by atoms with Crippen molar-refractivity contribution in [3.05, 3.63) is 62.7 Å². The third kappa shape index (κ3) is 7.04. The first-order chi connectivity index (χ1) is 14.2. The summed E-state index contributed by atoms with van der Waals surface area (Å²) in [5.74, 6) is -1.33. The minimum absolute atomic E-state index is 0.0636. The molecule has 0 spiro atoms. The average molecular weight is 547 g/mol. The molecule has 2 aromatic carbocycles. The second-order valence-corrected chi connectivity index (χ2v) is 9.01. The van der Waals surface area contributed by atoms with E-state index in [4.69, 9.17) is 14.2 Å².